The lowest BCUT2D eigenvalue weighted by Crippen LogP contribution is -2.26. The zero-order chi connectivity index (χ0) is 6.31. The summed E-state index contributed by atoms with van der Waals surface area (Å²) in [5, 5.41) is 1.43. The van der Waals surface area contributed by atoms with Gasteiger partial charge in [-0.25, -0.2) is 0 Å². The van der Waals surface area contributed by atoms with Crippen LogP contribution >= 0.6 is 55.1 Å². The van der Waals surface area contributed by atoms with Crippen LogP contribution in [-0.2, 0) is 0 Å². The fraction of sp³-hybridized carbons (Fsp3) is 0.500. The molecule has 1 aliphatic carbocycles. The van der Waals surface area contributed by atoms with Crippen LogP contribution in [0.5, 0.6) is 0 Å². The molecule has 0 heterocycles. The van der Waals surface area contributed by atoms with Crippen LogP contribution in [0.4, 0.5) is 0 Å². The lowest BCUT2D eigenvalue weighted by Gasteiger charge is -2.26. The van der Waals surface area contributed by atoms with Crippen molar-refractivity contribution < 1.29 is 0 Å². The molecule has 0 aromatic carbocycles. The molecule has 0 radical (unpaired) electrons. The average Bonchev–Trinajstić information content (AvgIpc) is 1.83. The second-order valence-electron chi connectivity index (χ2n) is 1.50. The van der Waals surface area contributed by atoms with E-state index in [0.717, 1.165) is 0 Å². The van der Waals surface area contributed by atoms with Crippen LogP contribution in [0.25, 0.3) is 0 Å². The highest BCUT2D eigenvalue weighted by atomic mass is 79.9. The maximum atomic E-state index is 5.62. The van der Waals surface area contributed by atoms with Gasteiger partial charge in [0.1, 0.15) is 0 Å². The van der Waals surface area contributed by atoms with E-state index in [1.807, 2.05) is 0 Å². The van der Waals surface area contributed by atoms with Gasteiger partial charge in [0.15, 0.2) is 0 Å². The molecule has 2 atom stereocenters. The normalized spacial score (nSPS) is 37.5. The SMILES string of the molecule is ClC1=C(Cl)C(Br)C1Br. The Kier molecular flexibility index (Phi) is 2.30. The van der Waals surface area contributed by atoms with Crippen LogP contribution in [0.2, 0.25) is 0 Å². The highest BCUT2D eigenvalue weighted by Crippen LogP contribution is 2.44. The van der Waals surface area contributed by atoms with Crippen molar-refractivity contribution in [3.05, 3.63) is 10.1 Å². The molecule has 1 aliphatic rings. The molecule has 0 N–H and O–H groups in total. The highest BCUT2D eigenvalue weighted by molar-refractivity contribution is 9.12. The van der Waals surface area contributed by atoms with E-state index in [1.165, 1.54) is 0 Å². The van der Waals surface area contributed by atoms with E-state index in [4.69, 9.17) is 23.2 Å². The summed E-state index contributed by atoms with van der Waals surface area (Å²) in [6.07, 6.45) is 0. The maximum absolute atomic E-state index is 5.62. The molecule has 4 heteroatoms. The summed E-state index contributed by atoms with van der Waals surface area (Å²) in [5.41, 5.74) is 0. The first-order valence-electron chi connectivity index (χ1n) is 1.98. The summed E-state index contributed by atoms with van der Waals surface area (Å²) in [4.78, 5) is 0.438. The average molecular weight is 281 g/mol. The van der Waals surface area contributed by atoms with E-state index in [2.05, 4.69) is 31.9 Å². The number of hydrogen-bond acceptors (Lipinski definition) is 0. The predicted octanol–water partition coefficient (Wildman–Crippen LogP) is 3.22. The van der Waals surface area contributed by atoms with Gasteiger partial charge in [0.05, 0.1) is 9.65 Å². The third kappa shape index (κ3) is 0.962. The molecule has 0 spiro atoms. The third-order valence-corrected chi connectivity index (χ3v) is 5.15. The van der Waals surface area contributed by atoms with E-state index >= 15 is 0 Å². The Balaban J connectivity index is 2.74. The topological polar surface area (TPSA) is 0 Å². The number of allylic oxidation sites excluding steroid dienone is 2. The molecule has 0 amide bonds. The first-order chi connectivity index (χ1) is 3.64. The van der Waals surface area contributed by atoms with E-state index < -0.39 is 0 Å². The van der Waals surface area contributed by atoms with Gasteiger partial charge in [0, 0.05) is 10.1 Å². The largest absolute Gasteiger partial charge is 0.0865 e. The van der Waals surface area contributed by atoms with Crippen molar-refractivity contribution in [2.75, 3.05) is 0 Å². The Morgan fingerprint density at radius 2 is 1.25 bits per heavy atom. The molecule has 0 aromatic rings. The number of rotatable bonds is 0. The van der Waals surface area contributed by atoms with Gasteiger partial charge in [0.25, 0.3) is 0 Å². The van der Waals surface area contributed by atoms with Crippen LogP contribution in [-0.4, -0.2) is 9.65 Å². The van der Waals surface area contributed by atoms with Crippen LogP contribution in [0, 0.1) is 0 Å². The first kappa shape index (κ1) is 7.39. The minimum absolute atomic E-state index is 0.219. The first-order valence-corrected chi connectivity index (χ1v) is 4.56. The molecule has 0 aromatic heterocycles. The van der Waals surface area contributed by atoms with Crippen molar-refractivity contribution in [2.24, 2.45) is 0 Å². The maximum Gasteiger partial charge on any atom is 0.0689 e. The van der Waals surface area contributed by atoms with E-state index in [1.54, 1.807) is 0 Å². The summed E-state index contributed by atoms with van der Waals surface area (Å²) in [6, 6.07) is 0. The Bertz CT molecular complexity index is 127. The molecule has 0 aliphatic heterocycles. The standard InChI is InChI=1S/C4H2Br2Cl2/c5-1-2(6)4(8)3(1)7/h1-2H. The van der Waals surface area contributed by atoms with Gasteiger partial charge in [0.2, 0.25) is 0 Å². The van der Waals surface area contributed by atoms with Gasteiger partial charge in [-0.05, 0) is 0 Å². The van der Waals surface area contributed by atoms with Gasteiger partial charge >= 0.3 is 0 Å². The quantitative estimate of drug-likeness (QED) is 0.598. The monoisotopic (exact) mass is 278 g/mol. The van der Waals surface area contributed by atoms with Gasteiger partial charge < -0.3 is 0 Å². The van der Waals surface area contributed by atoms with Crippen LogP contribution in [0.3, 0.4) is 0 Å². The zero-order valence-electron chi connectivity index (χ0n) is 3.67. The van der Waals surface area contributed by atoms with Gasteiger partial charge in [-0.2, -0.15) is 0 Å². The Morgan fingerprint density at radius 1 is 1.00 bits per heavy atom. The number of alkyl halides is 2. The highest BCUT2D eigenvalue weighted by Gasteiger charge is 2.34. The second-order valence-corrected chi connectivity index (χ2v) is 4.29. The van der Waals surface area contributed by atoms with Crippen molar-refractivity contribution in [2.45, 2.75) is 9.65 Å². The van der Waals surface area contributed by atoms with Crippen molar-refractivity contribution in [1.82, 2.24) is 0 Å². The van der Waals surface area contributed by atoms with Crippen LogP contribution < -0.4 is 0 Å². The summed E-state index contributed by atoms with van der Waals surface area (Å²) in [6.45, 7) is 0. The van der Waals surface area contributed by atoms with Crippen molar-refractivity contribution in [3.8, 4) is 0 Å². The smallest absolute Gasteiger partial charge is 0.0689 e. The third-order valence-electron chi connectivity index (χ3n) is 0.969. The molecule has 8 heavy (non-hydrogen) atoms. The lowest BCUT2D eigenvalue weighted by molar-refractivity contribution is 0.987. The summed E-state index contributed by atoms with van der Waals surface area (Å²) in [7, 11) is 0. The molecular formula is C4H2Br2Cl2. The molecule has 0 saturated heterocycles. The fourth-order valence-corrected chi connectivity index (χ4v) is 2.50. The summed E-state index contributed by atoms with van der Waals surface area (Å²) in [5.74, 6) is 0. The Hall–Kier alpha value is 1.28. The van der Waals surface area contributed by atoms with Crippen molar-refractivity contribution >= 4 is 55.1 Å². The zero-order valence-corrected chi connectivity index (χ0v) is 8.35. The molecule has 0 nitrogen and oxygen atoms in total. The van der Waals surface area contributed by atoms with Crippen molar-refractivity contribution in [3.63, 3.8) is 0 Å². The summed E-state index contributed by atoms with van der Waals surface area (Å²) < 4.78 is 0. The molecular weight excluding hydrogens is 279 g/mol. The number of halogens is 4. The fourth-order valence-electron chi connectivity index (χ4n) is 0.424. The van der Waals surface area contributed by atoms with Gasteiger partial charge in [-0.3, -0.25) is 0 Å². The van der Waals surface area contributed by atoms with Gasteiger partial charge in [-0.15, -0.1) is 0 Å². The van der Waals surface area contributed by atoms with E-state index in [-0.39, 0.29) is 9.65 Å². The van der Waals surface area contributed by atoms with Crippen molar-refractivity contribution in [1.29, 1.82) is 0 Å². The van der Waals surface area contributed by atoms with E-state index in [9.17, 15) is 0 Å². The minimum Gasteiger partial charge on any atom is -0.0865 e. The molecule has 1 rings (SSSR count). The molecule has 2 unspecified atom stereocenters. The minimum atomic E-state index is 0.219. The molecule has 46 valence electrons. The lowest BCUT2D eigenvalue weighted by atomic mass is 10.1. The van der Waals surface area contributed by atoms with Gasteiger partial charge in [-0.1, -0.05) is 55.1 Å². The van der Waals surface area contributed by atoms with E-state index in [0.29, 0.717) is 10.1 Å². The second kappa shape index (κ2) is 2.49. The molecule has 0 bridgehead atoms. The molecule has 0 saturated carbocycles. The summed E-state index contributed by atoms with van der Waals surface area (Å²) >= 11 is 17.9. The van der Waals surface area contributed by atoms with Crippen LogP contribution in [0.1, 0.15) is 0 Å². The predicted molar refractivity (Wildman–Crippen MR) is 44.2 cm³/mol. The van der Waals surface area contributed by atoms with Crippen LogP contribution in [0.15, 0.2) is 10.1 Å². The number of hydrogen-bond donors (Lipinski definition) is 0. The molecule has 0 fully saturated rings. The Morgan fingerprint density at radius 3 is 1.38 bits per heavy atom. The Labute approximate surface area is 74.5 Å².